The van der Waals surface area contributed by atoms with Crippen molar-refractivity contribution >= 4 is 23.5 Å². The molecular formula is C28H24ClNO3. The van der Waals surface area contributed by atoms with Crippen molar-refractivity contribution in [1.29, 1.82) is 0 Å². The van der Waals surface area contributed by atoms with Crippen LogP contribution in [0, 0.1) is 6.92 Å². The molecule has 33 heavy (non-hydrogen) atoms. The Bertz CT molecular complexity index is 1290. The van der Waals surface area contributed by atoms with Crippen LogP contribution >= 0.6 is 11.6 Å². The van der Waals surface area contributed by atoms with Crippen molar-refractivity contribution in [1.82, 2.24) is 4.57 Å². The summed E-state index contributed by atoms with van der Waals surface area (Å²) in [5.74, 6) is 1.26. The van der Waals surface area contributed by atoms with Gasteiger partial charge in [-0.2, -0.15) is 0 Å². The van der Waals surface area contributed by atoms with Gasteiger partial charge in [-0.3, -0.25) is 4.79 Å². The number of halogens is 1. The zero-order chi connectivity index (χ0) is 23.2. The number of hydrogen-bond acceptors (Lipinski definition) is 3. The van der Waals surface area contributed by atoms with Crippen molar-refractivity contribution in [2.45, 2.75) is 13.5 Å². The summed E-state index contributed by atoms with van der Waals surface area (Å²) in [6.45, 7) is 2.27. The third-order valence-electron chi connectivity index (χ3n) is 5.24. The predicted molar refractivity (Wildman–Crippen MR) is 133 cm³/mol. The zero-order valence-corrected chi connectivity index (χ0v) is 19.3. The molecule has 4 aromatic rings. The lowest BCUT2D eigenvalue weighted by atomic mass is 10.1. The number of methoxy groups -OCH3 is 1. The van der Waals surface area contributed by atoms with Crippen LogP contribution in [0.4, 0.5) is 0 Å². The number of hydrogen-bond donors (Lipinski definition) is 0. The van der Waals surface area contributed by atoms with E-state index in [-0.39, 0.29) is 5.78 Å². The summed E-state index contributed by atoms with van der Waals surface area (Å²) < 4.78 is 13.4. The van der Waals surface area contributed by atoms with Crippen LogP contribution < -0.4 is 9.47 Å². The van der Waals surface area contributed by atoms with E-state index in [4.69, 9.17) is 21.1 Å². The minimum absolute atomic E-state index is 0.0657. The molecule has 4 rings (SSSR count). The standard InChI is InChI=1S/C28H24ClNO3/c1-20-8-12-28(25(29)16-20)33-19-23-17-21(10-13-27(23)32-2)9-11-26(31)22-6-5-7-24(18-22)30-14-3-4-15-30/h3-18H,19H2,1-2H3/b11-9+. The molecule has 4 nitrogen and oxygen atoms in total. The van der Waals surface area contributed by atoms with Crippen molar-refractivity contribution in [3.05, 3.63) is 119 Å². The van der Waals surface area contributed by atoms with Gasteiger partial charge >= 0.3 is 0 Å². The molecule has 0 spiro atoms. The highest BCUT2D eigenvalue weighted by Crippen LogP contribution is 2.28. The van der Waals surface area contributed by atoms with Gasteiger partial charge in [0.25, 0.3) is 0 Å². The summed E-state index contributed by atoms with van der Waals surface area (Å²) in [6, 6.07) is 22.8. The zero-order valence-electron chi connectivity index (χ0n) is 18.5. The summed E-state index contributed by atoms with van der Waals surface area (Å²) >= 11 is 6.28. The molecule has 1 heterocycles. The van der Waals surface area contributed by atoms with Gasteiger partial charge in [0.15, 0.2) is 5.78 Å². The number of carbonyl (C=O) groups is 1. The molecule has 0 amide bonds. The van der Waals surface area contributed by atoms with E-state index in [1.807, 2.05) is 96.7 Å². The molecule has 0 saturated carbocycles. The van der Waals surface area contributed by atoms with E-state index in [1.165, 1.54) is 0 Å². The number of ether oxygens (including phenoxy) is 2. The largest absolute Gasteiger partial charge is 0.496 e. The van der Waals surface area contributed by atoms with Gasteiger partial charge in [0, 0.05) is 29.2 Å². The first-order valence-corrected chi connectivity index (χ1v) is 10.9. The summed E-state index contributed by atoms with van der Waals surface area (Å²) in [5.41, 5.74) is 4.37. The van der Waals surface area contributed by atoms with E-state index in [2.05, 4.69) is 0 Å². The number of aryl methyl sites for hydroxylation is 1. The third kappa shape index (κ3) is 5.54. The summed E-state index contributed by atoms with van der Waals surface area (Å²) in [4.78, 5) is 12.8. The number of nitrogens with zero attached hydrogens (tertiary/aromatic N) is 1. The molecule has 0 aliphatic carbocycles. The van der Waals surface area contributed by atoms with E-state index in [0.717, 1.165) is 22.4 Å². The van der Waals surface area contributed by atoms with Gasteiger partial charge in [-0.15, -0.1) is 0 Å². The van der Waals surface area contributed by atoms with E-state index in [0.29, 0.717) is 28.7 Å². The smallest absolute Gasteiger partial charge is 0.185 e. The molecule has 5 heteroatoms. The first kappa shape index (κ1) is 22.4. The molecule has 166 valence electrons. The van der Waals surface area contributed by atoms with Crippen LogP contribution in [-0.4, -0.2) is 17.5 Å². The van der Waals surface area contributed by atoms with E-state index < -0.39 is 0 Å². The van der Waals surface area contributed by atoms with Gasteiger partial charge in [0.05, 0.1) is 12.1 Å². The van der Waals surface area contributed by atoms with Crippen molar-refractivity contribution in [2.24, 2.45) is 0 Å². The average molecular weight is 458 g/mol. The lowest BCUT2D eigenvalue weighted by molar-refractivity contribution is 0.104. The van der Waals surface area contributed by atoms with Gasteiger partial charge in [0.1, 0.15) is 18.1 Å². The fourth-order valence-electron chi connectivity index (χ4n) is 3.49. The quantitative estimate of drug-likeness (QED) is 0.213. The van der Waals surface area contributed by atoms with Gasteiger partial charge in [0.2, 0.25) is 0 Å². The van der Waals surface area contributed by atoms with Crippen LogP contribution in [0.2, 0.25) is 5.02 Å². The second-order valence-corrected chi connectivity index (χ2v) is 8.04. The Kier molecular flexibility index (Phi) is 6.96. The van der Waals surface area contributed by atoms with Crippen molar-refractivity contribution in [2.75, 3.05) is 7.11 Å². The molecule has 3 aromatic carbocycles. The normalized spacial score (nSPS) is 11.0. The Morgan fingerprint density at radius 1 is 0.970 bits per heavy atom. The van der Waals surface area contributed by atoms with Gasteiger partial charge < -0.3 is 14.0 Å². The molecule has 0 radical (unpaired) electrons. The van der Waals surface area contributed by atoms with Crippen LogP contribution in [-0.2, 0) is 6.61 Å². The Labute approximate surface area is 198 Å². The Morgan fingerprint density at radius 3 is 2.52 bits per heavy atom. The highest BCUT2D eigenvalue weighted by molar-refractivity contribution is 6.32. The maximum atomic E-state index is 12.8. The van der Waals surface area contributed by atoms with Crippen LogP contribution in [0.3, 0.4) is 0 Å². The number of benzene rings is 3. The summed E-state index contributed by atoms with van der Waals surface area (Å²) in [6.07, 6.45) is 7.28. The highest BCUT2D eigenvalue weighted by atomic mass is 35.5. The molecule has 0 saturated heterocycles. The molecule has 0 aliphatic heterocycles. The van der Waals surface area contributed by atoms with Crippen molar-refractivity contribution in [3.8, 4) is 17.2 Å². The maximum Gasteiger partial charge on any atom is 0.185 e. The van der Waals surface area contributed by atoms with Gasteiger partial charge in [-0.25, -0.2) is 0 Å². The molecule has 0 fully saturated rings. The minimum atomic E-state index is -0.0657. The lowest BCUT2D eigenvalue weighted by Crippen LogP contribution is -2.00. The number of aromatic nitrogens is 1. The Hall–Kier alpha value is -3.76. The average Bonchev–Trinajstić information content (AvgIpc) is 3.37. The number of carbonyl (C=O) groups excluding carboxylic acids is 1. The van der Waals surface area contributed by atoms with Crippen molar-refractivity contribution in [3.63, 3.8) is 0 Å². The fraction of sp³-hybridized carbons (Fsp3) is 0.107. The van der Waals surface area contributed by atoms with Gasteiger partial charge in [-0.05, 0) is 72.7 Å². The minimum Gasteiger partial charge on any atom is -0.496 e. The molecule has 0 bridgehead atoms. The molecule has 0 unspecified atom stereocenters. The fourth-order valence-corrected chi connectivity index (χ4v) is 3.78. The Morgan fingerprint density at radius 2 is 1.76 bits per heavy atom. The summed E-state index contributed by atoms with van der Waals surface area (Å²) in [7, 11) is 1.62. The maximum absolute atomic E-state index is 12.8. The SMILES string of the molecule is COc1ccc(/C=C/C(=O)c2cccc(-n3cccc3)c2)cc1COc1ccc(C)cc1Cl. The van der Waals surface area contributed by atoms with Gasteiger partial charge in [-0.1, -0.05) is 41.9 Å². The lowest BCUT2D eigenvalue weighted by Gasteiger charge is -2.12. The van der Waals surface area contributed by atoms with E-state index in [9.17, 15) is 4.79 Å². The second kappa shape index (κ2) is 10.2. The molecular weight excluding hydrogens is 434 g/mol. The molecule has 0 N–H and O–H groups in total. The van der Waals surface area contributed by atoms with Crippen LogP contribution in [0.15, 0.2) is 91.3 Å². The number of ketones is 1. The topological polar surface area (TPSA) is 40.5 Å². The van der Waals surface area contributed by atoms with Crippen LogP contribution in [0.1, 0.15) is 27.0 Å². The first-order valence-electron chi connectivity index (χ1n) is 10.5. The Balaban J connectivity index is 1.50. The van der Waals surface area contributed by atoms with Crippen molar-refractivity contribution < 1.29 is 14.3 Å². The van der Waals surface area contributed by atoms with E-state index >= 15 is 0 Å². The number of allylic oxidation sites excluding steroid dienone is 1. The molecule has 0 aliphatic rings. The molecule has 1 aromatic heterocycles. The van der Waals surface area contributed by atoms with E-state index in [1.54, 1.807) is 19.3 Å². The number of rotatable bonds is 8. The third-order valence-corrected chi connectivity index (χ3v) is 5.53. The molecule has 0 atom stereocenters. The summed E-state index contributed by atoms with van der Waals surface area (Å²) in [5, 5.41) is 0.567. The van der Waals surface area contributed by atoms with Crippen LogP contribution in [0.5, 0.6) is 11.5 Å². The second-order valence-electron chi connectivity index (χ2n) is 7.63. The monoisotopic (exact) mass is 457 g/mol. The first-order chi connectivity index (χ1) is 16.0. The highest BCUT2D eigenvalue weighted by Gasteiger charge is 2.08. The predicted octanol–water partition coefficient (Wildman–Crippen LogP) is 6.92. The van der Waals surface area contributed by atoms with Crippen LogP contribution in [0.25, 0.3) is 11.8 Å².